The van der Waals surface area contributed by atoms with E-state index in [1.165, 1.54) is 0 Å². The molecule has 3 rings (SSSR count). The third-order valence-corrected chi connectivity index (χ3v) is 5.30. The molecule has 0 radical (unpaired) electrons. The smallest absolute Gasteiger partial charge is 0.303 e. The highest BCUT2D eigenvalue weighted by molar-refractivity contribution is 5.97. The van der Waals surface area contributed by atoms with E-state index in [-0.39, 0.29) is 30.7 Å². The van der Waals surface area contributed by atoms with Crippen LogP contribution in [0.15, 0.2) is 24.3 Å². The Bertz CT molecular complexity index is 691. The maximum absolute atomic E-state index is 12.5. The second-order valence-electron chi connectivity index (χ2n) is 7.68. The lowest BCUT2D eigenvalue weighted by Gasteiger charge is -2.35. The molecule has 3 N–H and O–H groups in total. The van der Waals surface area contributed by atoms with E-state index in [4.69, 9.17) is 0 Å². The van der Waals surface area contributed by atoms with E-state index >= 15 is 0 Å². The fraction of sp³-hybridized carbons (Fsp3) is 0.550. The van der Waals surface area contributed by atoms with Gasteiger partial charge >= 0.3 is 5.97 Å². The molecule has 1 aromatic rings. The molecule has 0 aromatic heterocycles. The molecule has 2 saturated carbocycles. The average molecular weight is 358 g/mol. The van der Waals surface area contributed by atoms with Gasteiger partial charge in [0.15, 0.2) is 0 Å². The highest BCUT2D eigenvalue weighted by Crippen LogP contribution is 2.42. The van der Waals surface area contributed by atoms with Crippen molar-refractivity contribution in [1.29, 1.82) is 0 Å². The molecule has 0 spiro atoms. The average Bonchev–Trinajstić information content (AvgIpc) is 3.38. The van der Waals surface area contributed by atoms with E-state index < -0.39 is 11.4 Å². The van der Waals surface area contributed by atoms with E-state index in [1.807, 2.05) is 0 Å². The Morgan fingerprint density at radius 1 is 1.08 bits per heavy atom. The van der Waals surface area contributed by atoms with Crippen LogP contribution in [0.2, 0.25) is 0 Å². The number of carbonyl (C=O) groups excluding carboxylic acids is 2. The second kappa shape index (κ2) is 7.89. The fourth-order valence-electron chi connectivity index (χ4n) is 3.82. The molecule has 0 atom stereocenters. The first-order valence-corrected chi connectivity index (χ1v) is 9.38. The third kappa shape index (κ3) is 5.07. The minimum atomic E-state index is -0.849. The van der Waals surface area contributed by atoms with E-state index in [9.17, 15) is 19.5 Å². The highest BCUT2D eigenvalue weighted by Gasteiger charge is 2.36. The quantitative estimate of drug-likeness (QED) is 0.697. The molecule has 0 bridgehead atoms. The van der Waals surface area contributed by atoms with Gasteiger partial charge in [-0.2, -0.15) is 0 Å². The van der Waals surface area contributed by atoms with Gasteiger partial charge in [-0.3, -0.25) is 14.4 Å². The first kappa shape index (κ1) is 18.4. The fourth-order valence-corrected chi connectivity index (χ4v) is 3.82. The maximum Gasteiger partial charge on any atom is 0.303 e. The van der Waals surface area contributed by atoms with Crippen LogP contribution in [0.3, 0.4) is 0 Å². The van der Waals surface area contributed by atoms with Crippen LogP contribution in [0.25, 0.3) is 0 Å². The van der Waals surface area contributed by atoms with Crippen LogP contribution in [-0.4, -0.2) is 28.9 Å². The summed E-state index contributed by atoms with van der Waals surface area (Å²) in [5, 5.41) is 15.0. The number of anilines is 1. The largest absolute Gasteiger partial charge is 0.481 e. The second-order valence-corrected chi connectivity index (χ2v) is 7.68. The number of amides is 2. The van der Waals surface area contributed by atoms with Crippen molar-refractivity contribution in [1.82, 2.24) is 5.32 Å². The van der Waals surface area contributed by atoms with Crippen molar-refractivity contribution in [2.24, 2.45) is 5.41 Å². The normalized spacial score (nSPS) is 18.8. The number of hydrogen-bond acceptors (Lipinski definition) is 3. The lowest BCUT2D eigenvalue weighted by Crippen LogP contribution is -2.32. The lowest BCUT2D eigenvalue weighted by atomic mass is 9.69. The summed E-state index contributed by atoms with van der Waals surface area (Å²) < 4.78 is 0. The summed E-state index contributed by atoms with van der Waals surface area (Å²) in [7, 11) is 0. The van der Waals surface area contributed by atoms with Crippen LogP contribution < -0.4 is 10.6 Å². The zero-order valence-electron chi connectivity index (χ0n) is 14.9. The number of carbonyl (C=O) groups is 3. The molecule has 6 heteroatoms. The van der Waals surface area contributed by atoms with Crippen molar-refractivity contribution < 1.29 is 19.5 Å². The Labute approximate surface area is 153 Å². The van der Waals surface area contributed by atoms with E-state index in [2.05, 4.69) is 10.6 Å². The van der Waals surface area contributed by atoms with Gasteiger partial charge in [0.2, 0.25) is 5.91 Å². The minimum Gasteiger partial charge on any atom is -0.481 e. The Kier molecular flexibility index (Phi) is 5.59. The third-order valence-electron chi connectivity index (χ3n) is 5.30. The molecule has 140 valence electrons. The molecule has 0 heterocycles. The molecular formula is C20H26N2O4. The minimum absolute atomic E-state index is 0.0320. The summed E-state index contributed by atoms with van der Waals surface area (Å²) in [6, 6.07) is 7.16. The van der Waals surface area contributed by atoms with Gasteiger partial charge in [-0.15, -0.1) is 0 Å². The van der Waals surface area contributed by atoms with Crippen LogP contribution in [0.1, 0.15) is 68.1 Å². The monoisotopic (exact) mass is 358 g/mol. The molecule has 0 saturated heterocycles. The summed E-state index contributed by atoms with van der Waals surface area (Å²) in [6.07, 6.45) is 6.87. The molecule has 26 heavy (non-hydrogen) atoms. The van der Waals surface area contributed by atoms with Gasteiger partial charge < -0.3 is 15.7 Å². The van der Waals surface area contributed by atoms with Crippen molar-refractivity contribution in [3.05, 3.63) is 29.8 Å². The topological polar surface area (TPSA) is 95.5 Å². The Morgan fingerprint density at radius 3 is 2.46 bits per heavy atom. The van der Waals surface area contributed by atoms with Crippen molar-refractivity contribution in [3.63, 3.8) is 0 Å². The number of nitrogens with one attached hydrogen (secondary N) is 2. The predicted octanol–water partition coefficient (Wildman–Crippen LogP) is 3.33. The molecule has 1 aromatic carbocycles. The molecule has 6 nitrogen and oxygen atoms in total. The Hall–Kier alpha value is -2.37. The summed E-state index contributed by atoms with van der Waals surface area (Å²) in [6.45, 7) is 0. The zero-order valence-corrected chi connectivity index (χ0v) is 14.9. The Balaban J connectivity index is 1.62. The molecule has 2 aliphatic carbocycles. The summed E-state index contributed by atoms with van der Waals surface area (Å²) in [5.41, 5.74) is 0.641. The number of benzene rings is 1. The van der Waals surface area contributed by atoms with Crippen molar-refractivity contribution in [3.8, 4) is 0 Å². The summed E-state index contributed by atoms with van der Waals surface area (Å²) in [4.78, 5) is 35.9. The molecule has 2 aliphatic rings. The zero-order chi connectivity index (χ0) is 18.6. The van der Waals surface area contributed by atoms with Gasteiger partial charge in [-0.25, -0.2) is 0 Å². The van der Waals surface area contributed by atoms with Gasteiger partial charge in [0.25, 0.3) is 5.91 Å². The van der Waals surface area contributed by atoms with Gasteiger partial charge in [0.1, 0.15) is 0 Å². The Morgan fingerprint density at radius 2 is 1.81 bits per heavy atom. The van der Waals surface area contributed by atoms with E-state index in [1.54, 1.807) is 24.3 Å². The number of hydrogen-bond donors (Lipinski definition) is 3. The van der Waals surface area contributed by atoms with Gasteiger partial charge in [0.05, 0.1) is 6.42 Å². The van der Waals surface area contributed by atoms with Crippen LogP contribution in [-0.2, 0) is 9.59 Å². The van der Waals surface area contributed by atoms with Crippen LogP contribution >= 0.6 is 0 Å². The lowest BCUT2D eigenvalue weighted by molar-refractivity contribution is -0.140. The first-order valence-electron chi connectivity index (χ1n) is 9.38. The predicted molar refractivity (Wildman–Crippen MR) is 97.9 cm³/mol. The standard InChI is InChI=1S/C20H26N2O4/c23-17(12-20(13-18(24)25)9-2-1-3-10-20)21-16-6-4-5-14(11-16)19(26)22-15-7-8-15/h4-6,11,15H,1-3,7-10,12-13H2,(H,21,23)(H,22,26)(H,24,25). The van der Waals surface area contributed by atoms with Crippen LogP contribution in [0, 0.1) is 5.41 Å². The molecule has 2 amide bonds. The van der Waals surface area contributed by atoms with Gasteiger partial charge in [-0.05, 0) is 49.3 Å². The van der Waals surface area contributed by atoms with Crippen LogP contribution in [0.5, 0.6) is 0 Å². The van der Waals surface area contributed by atoms with Crippen molar-refractivity contribution in [2.45, 2.75) is 63.8 Å². The maximum atomic E-state index is 12.5. The van der Waals surface area contributed by atoms with Gasteiger partial charge in [-0.1, -0.05) is 25.3 Å². The number of carboxylic acid groups (broad SMARTS) is 1. The van der Waals surface area contributed by atoms with Crippen LogP contribution in [0.4, 0.5) is 5.69 Å². The highest BCUT2D eigenvalue weighted by atomic mass is 16.4. The summed E-state index contributed by atoms with van der Waals surface area (Å²) >= 11 is 0. The van der Waals surface area contributed by atoms with E-state index in [0.29, 0.717) is 11.3 Å². The molecular weight excluding hydrogens is 332 g/mol. The SMILES string of the molecule is O=C(O)CC1(CC(=O)Nc2cccc(C(=O)NC3CC3)c2)CCCCC1. The number of rotatable bonds is 7. The summed E-state index contributed by atoms with van der Waals surface area (Å²) in [5.74, 6) is -1.16. The molecule has 0 aliphatic heterocycles. The van der Waals surface area contributed by atoms with Crippen molar-refractivity contribution in [2.75, 3.05) is 5.32 Å². The van der Waals surface area contributed by atoms with Gasteiger partial charge in [0, 0.05) is 23.7 Å². The van der Waals surface area contributed by atoms with E-state index in [0.717, 1.165) is 44.9 Å². The number of carboxylic acids is 1. The number of aliphatic carboxylic acids is 1. The van der Waals surface area contributed by atoms with Crippen molar-refractivity contribution >= 4 is 23.5 Å². The first-order chi connectivity index (χ1) is 12.5. The molecule has 0 unspecified atom stereocenters. The molecule has 2 fully saturated rings.